The van der Waals surface area contributed by atoms with E-state index in [1.807, 2.05) is 7.05 Å². The molecule has 1 unspecified atom stereocenters. The first-order valence-electron chi connectivity index (χ1n) is 7.24. The van der Waals surface area contributed by atoms with Gasteiger partial charge in [-0.25, -0.2) is 4.39 Å². The van der Waals surface area contributed by atoms with Crippen molar-refractivity contribution in [1.82, 2.24) is 4.90 Å². The summed E-state index contributed by atoms with van der Waals surface area (Å²) in [4.78, 5) is 14.1. The molecule has 110 valence electrons. The van der Waals surface area contributed by atoms with E-state index in [2.05, 4.69) is 4.90 Å². The molecule has 2 rings (SSSR count). The molecule has 4 heteroatoms. The van der Waals surface area contributed by atoms with Crippen molar-refractivity contribution < 1.29 is 13.9 Å². The van der Waals surface area contributed by atoms with Crippen molar-refractivity contribution >= 4 is 5.78 Å². The average molecular weight is 279 g/mol. The van der Waals surface area contributed by atoms with Gasteiger partial charge in [-0.1, -0.05) is 0 Å². The number of halogens is 1. The summed E-state index contributed by atoms with van der Waals surface area (Å²) in [6.07, 6.45) is 4.25. The van der Waals surface area contributed by atoms with Crippen LogP contribution in [0.5, 0.6) is 0 Å². The average Bonchev–Trinajstić information content (AvgIpc) is 2.46. The lowest BCUT2D eigenvalue weighted by Crippen LogP contribution is -2.34. The molecular weight excluding hydrogens is 257 g/mol. The maximum Gasteiger partial charge on any atom is 0.164 e. The molecule has 1 aliphatic heterocycles. The van der Waals surface area contributed by atoms with E-state index in [1.54, 1.807) is 12.1 Å². The third-order valence-electron chi connectivity index (χ3n) is 3.68. The Balaban J connectivity index is 1.73. The van der Waals surface area contributed by atoms with Crippen molar-refractivity contribution in [3.63, 3.8) is 0 Å². The minimum Gasteiger partial charge on any atom is -0.377 e. The number of hydrogen-bond acceptors (Lipinski definition) is 3. The predicted molar refractivity (Wildman–Crippen MR) is 76.4 cm³/mol. The monoisotopic (exact) mass is 279 g/mol. The summed E-state index contributed by atoms with van der Waals surface area (Å²) in [6, 6.07) is 5.74. The van der Waals surface area contributed by atoms with Gasteiger partial charge in [0.2, 0.25) is 0 Å². The lowest BCUT2D eigenvalue weighted by molar-refractivity contribution is -0.00144. The molecule has 20 heavy (non-hydrogen) atoms. The molecule has 0 radical (unpaired) electrons. The fourth-order valence-electron chi connectivity index (χ4n) is 2.46. The van der Waals surface area contributed by atoms with Gasteiger partial charge in [0, 0.05) is 31.7 Å². The zero-order valence-corrected chi connectivity index (χ0v) is 12.0. The van der Waals surface area contributed by atoms with Crippen LogP contribution in [-0.4, -0.2) is 43.5 Å². The highest BCUT2D eigenvalue weighted by atomic mass is 19.1. The second-order valence-electron chi connectivity index (χ2n) is 5.43. The van der Waals surface area contributed by atoms with Crippen molar-refractivity contribution in [3.05, 3.63) is 35.6 Å². The fraction of sp³-hybridized carbons (Fsp3) is 0.562. The Morgan fingerprint density at radius 2 is 2.10 bits per heavy atom. The fourth-order valence-corrected chi connectivity index (χ4v) is 2.46. The number of rotatable bonds is 6. The normalized spacial score (nSPS) is 19.2. The standard InChI is InChI=1S/C16H22FNO2/c1-18(12-15-4-2-3-11-20-15)10-9-16(19)13-5-7-14(17)8-6-13/h5-8,15H,2-4,9-12H2,1H3. The predicted octanol–water partition coefficient (Wildman–Crippen LogP) is 2.90. The smallest absolute Gasteiger partial charge is 0.164 e. The van der Waals surface area contributed by atoms with Crippen molar-refractivity contribution in [2.75, 3.05) is 26.7 Å². The lowest BCUT2D eigenvalue weighted by atomic mass is 10.1. The van der Waals surface area contributed by atoms with Crippen LogP contribution in [0.2, 0.25) is 0 Å². The van der Waals surface area contributed by atoms with E-state index in [1.165, 1.54) is 18.6 Å². The highest BCUT2D eigenvalue weighted by Crippen LogP contribution is 2.13. The summed E-state index contributed by atoms with van der Waals surface area (Å²) in [6.45, 7) is 2.43. The van der Waals surface area contributed by atoms with Gasteiger partial charge in [-0.05, 0) is 50.6 Å². The molecule has 1 aromatic rings. The molecule has 0 amide bonds. The Morgan fingerprint density at radius 3 is 2.75 bits per heavy atom. The zero-order chi connectivity index (χ0) is 14.4. The molecule has 3 nitrogen and oxygen atoms in total. The van der Waals surface area contributed by atoms with E-state index >= 15 is 0 Å². The summed E-state index contributed by atoms with van der Waals surface area (Å²) in [5.74, 6) is -0.255. The van der Waals surface area contributed by atoms with Gasteiger partial charge in [-0.3, -0.25) is 4.79 Å². The van der Waals surface area contributed by atoms with Gasteiger partial charge >= 0.3 is 0 Å². The van der Waals surface area contributed by atoms with Gasteiger partial charge in [-0.15, -0.1) is 0 Å². The third kappa shape index (κ3) is 4.69. The minimum absolute atomic E-state index is 0.0569. The van der Waals surface area contributed by atoms with Gasteiger partial charge < -0.3 is 9.64 Å². The highest BCUT2D eigenvalue weighted by Gasteiger charge is 2.16. The van der Waals surface area contributed by atoms with Crippen LogP contribution in [-0.2, 0) is 4.74 Å². The van der Waals surface area contributed by atoms with E-state index in [9.17, 15) is 9.18 Å². The van der Waals surface area contributed by atoms with Crippen LogP contribution in [0.3, 0.4) is 0 Å². The molecule has 1 aliphatic rings. The van der Waals surface area contributed by atoms with Crippen molar-refractivity contribution in [1.29, 1.82) is 0 Å². The quantitative estimate of drug-likeness (QED) is 0.750. The molecular formula is C16H22FNO2. The topological polar surface area (TPSA) is 29.5 Å². The first-order valence-corrected chi connectivity index (χ1v) is 7.24. The van der Waals surface area contributed by atoms with Crippen molar-refractivity contribution in [3.8, 4) is 0 Å². The SMILES string of the molecule is CN(CCC(=O)c1ccc(F)cc1)CC1CCCCO1. The molecule has 1 saturated heterocycles. The maximum absolute atomic E-state index is 12.8. The molecule has 0 N–H and O–H groups in total. The third-order valence-corrected chi connectivity index (χ3v) is 3.68. The second-order valence-corrected chi connectivity index (χ2v) is 5.43. The van der Waals surface area contributed by atoms with E-state index in [-0.39, 0.29) is 11.6 Å². The lowest BCUT2D eigenvalue weighted by Gasteiger charge is -2.27. The molecule has 1 fully saturated rings. The van der Waals surface area contributed by atoms with Gasteiger partial charge in [0.15, 0.2) is 5.78 Å². The molecule has 0 saturated carbocycles. The molecule has 0 bridgehead atoms. The molecule has 1 aromatic carbocycles. The van der Waals surface area contributed by atoms with Crippen LogP contribution in [0.15, 0.2) is 24.3 Å². The van der Waals surface area contributed by atoms with Gasteiger partial charge in [0.05, 0.1) is 6.10 Å². The number of benzene rings is 1. The highest BCUT2D eigenvalue weighted by molar-refractivity contribution is 5.96. The molecule has 0 aromatic heterocycles. The van der Waals surface area contributed by atoms with Crippen LogP contribution in [0, 0.1) is 5.82 Å². The number of carbonyl (C=O) groups is 1. The summed E-state index contributed by atoms with van der Waals surface area (Å²) < 4.78 is 18.5. The summed E-state index contributed by atoms with van der Waals surface area (Å²) in [7, 11) is 2.01. The Kier molecular flexibility index (Phi) is 5.68. The number of ketones is 1. The van der Waals surface area contributed by atoms with Crippen LogP contribution >= 0.6 is 0 Å². The van der Waals surface area contributed by atoms with Crippen LogP contribution in [0.4, 0.5) is 4.39 Å². The first-order chi connectivity index (χ1) is 9.65. The maximum atomic E-state index is 12.8. The van der Waals surface area contributed by atoms with Crippen LogP contribution < -0.4 is 0 Å². The van der Waals surface area contributed by atoms with Gasteiger partial charge in [-0.2, -0.15) is 0 Å². The number of nitrogens with zero attached hydrogens (tertiary/aromatic N) is 1. The summed E-state index contributed by atoms with van der Waals surface area (Å²) in [5.41, 5.74) is 0.578. The Bertz CT molecular complexity index is 427. The largest absolute Gasteiger partial charge is 0.377 e. The number of carbonyl (C=O) groups excluding carboxylic acids is 1. The van der Waals surface area contributed by atoms with Gasteiger partial charge in [0.25, 0.3) is 0 Å². The Labute approximate surface area is 119 Å². The molecule has 1 atom stereocenters. The summed E-state index contributed by atoms with van der Waals surface area (Å²) >= 11 is 0. The number of Topliss-reactive ketones (excluding diaryl/α,β-unsaturated/α-hetero) is 1. The summed E-state index contributed by atoms with van der Waals surface area (Å²) in [5, 5.41) is 0. The van der Waals surface area contributed by atoms with Crippen molar-refractivity contribution in [2.45, 2.75) is 31.8 Å². The second kappa shape index (κ2) is 7.50. The Hall–Kier alpha value is -1.26. The first kappa shape index (κ1) is 15.1. The molecule has 0 spiro atoms. The van der Waals surface area contributed by atoms with E-state index in [4.69, 9.17) is 4.74 Å². The number of ether oxygens (including phenoxy) is 1. The number of likely N-dealkylation sites (N-methyl/N-ethyl adjacent to an activating group) is 1. The molecule has 0 aliphatic carbocycles. The van der Waals surface area contributed by atoms with E-state index < -0.39 is 0 Å². The van der Waals surface area contributed by atoms with Crippen molar-refractivity contribution in [2.24, 2.45) is 0 Å². The van der Waals surface area contributed by atoms with E-state index in [0.717, 1.165) is 26.0 Å². The Morgan fingerprint density at radius 1 is 1.35 bits per heavy atom. The van der Waals surface area contributed by atoms with Crippen LogP contribution in [0.25, 0.3) is 0 Å². The minimum atomic E-state index is -0.312. The van der Waals surface area contributed by atoms with Gasteiger partial charge in [0.1, 0.15) is 5.82 Å². The van der Waals surface area contributed by atoms with Crippen LogP contribution in [0.1, 0.15) is 36.0 Å². The van der Waals surface area contributed by atoms with E-state index in [0.29, 0.717) is 24.6 Å². The number of hydrogen-bond donors (Lipinski definition) is 0. The molecule has 1 heterocycles. The zero-order valence-electron chi connectivity index (χ0n) is 12.0.